The molecule has 1 heterocycles. The van der Waals surface area contributed by atoms with E-state index in [1.54, 1.807) is 17.8 Å². The highest BCUT2D eigenvalue weighted by Crippen LogP contribution is 2.25. The Balaban J connectivity index is 2.64. The second-order valence-corrected chi connectivity index (χ2v) is 6.15. The first kappa shape index (κ1) is 15.7. The molecule has 1 unspecified atom stereocenters. The quantitative estimate of drug-likeness (QED) is 0.849. The maximum absolute atomic E-state index is 12.0. The molecule has 0 saturated heterocycles. The molecule has 0 aliphatic heterocycles. The molecule has 0 radical (unpaired) electrons. The van der Waals surface area contributed by atoms with Crippen LogP contribution in [0.15, 0.2) is 6.07 Å². The van der Waals surface area contributed by atoms with Crippen LogP contribution in [-0.4, -0.2) is 33.4 Å². The van der Waals surface area contributed by atoms with Gasteiger partial charge in [-0.1, -0.05) is 27.7 Å². The number of nitrogens with one attached hydrogen (secondary N) is 1. The lowest BCUT2D eigenvalue weighted by atomic mass is 9.80. The van der Waals surface area contributed by atoms with Gasteiger partial charge in [0.25, 0.3) is 5.91 Å². The van der Waals surface area contributed by atoms with Crippen molar-refractivity contribution in [2.24, 2.45) is 18.4 Å². The molecule has 0 bridgehead atoms. The van der Waals surface area contributed by atoms with E-state index in [9.17, 15) is 9.90 Å². The summed E-state index contributed by atoms with van der Waals surface area (Å²) < 4.78 is 1.67. The zero-order valence-electron chi connectivity index (χ0n) is 12.7. The van der Waals surface area contributed by atoms with Gasteiger partial charge in [0.1, 0.15) is 5.69 Å². The number of aryl methyl sites for hydroxylation is 2. The number of hydrogen-bond acceptors (Lipinski definition) is 3. The summed E-state index contributed by atoms with van der Waals surface area (Å²) >= 11 is 0. The van der Waals surface area contributed by atoms with Gasteiger partial charge in [0.2, 0.25) is 0 Å². The number of aromatic nitrogens is 2. The van der Waals surface area contributed by atoms with Gasteiger partial charge < -0.3 is 10.4 Å². The van der Waals surface area contributed by atoms with Crippen molar-refractivity contribution in [3.8, 4) is 0 Å². The van der Waals surface area contributed by atoms with E-state index in [0.29, 0.717) is 12.2 Å². The Kier molecular flexibility index (Phi) is 4.74. The van der Waals surface area contributed by atoms with Crippen LogP contribution >= 0.6 is 0 Å². The minimum Gasteiger partial charge on any atom is -0.392 e. The van der Waals surface area contributed by atoms with Gasteiger partial charge >= 0.3 is 0 Å². The largest absolute Gasteiger partial charge is 0.392 e. The van der Waals surface area contributed by atoms with Gasteiger partial charge in [-0.15, -0.1) is 0 Å². The van der Waals surface area contributed by atoms with Crippen LogP contribution in [0.2, 0.25) is 0 Å². The van der Waals surface area contributed by atoms with Crippen LogP contribution in [-0.2, 0) is 7.05 Å². The molecule has 2 N–H and O–H groups in total. The standard InChI is InChI=1S/C14H25N3O2/c1-9(2)12(18)14(4,5)8-15-13(19)11-7-10(3)17(6)16-11/h7,9,12,18H,8H2,1-6H3,(H,15,19). The van der Waals surface area contributed by atoms with Gasteiger partial charge in [0.15, 0.2) is 0 Å². The number of rotatable bonds is 5. The molecule has 108 valence electrons. The summed E-state index contributed by atoms with van der Waals surface area (Å²) in [5.41, 5.74) is 0.981. The van der Waals surface area contributed by atoms with Gasteiger partial charge in [-0.25, -0.2) is 0 Å². The lowest BCUT2D eigenvalue weighted by Crippen LogP contribution is -2.43. The molecule has 0 aromatic carbocycles. The van der Waals surface area contributed by atoms with Crippen LogP contribution in [0.3, 0.4) is 0 Å². The average molecular weight is 267 g/mol. The Morgan fingerprint density at radius 3 is 2.53 bits per heavy atom. The summed E-state index contributed by atoms with van der Waals surface area (Å²) in [5, 5.41) is 17.1. The molecule has 19 heavy (non-hydrogen) atoms. The monoisotopic (exact) mass is 267 g/mol. The zero-order valence-corrected chi connectivity index (χ0v) is 12.7. The van der Waals surface area contributed by atoms with Crippen molar-refractivity contribution < 1.29 is 9.90 Å². The first-order chi connectivity index (χ1) is 8.65. The maximum atomic E-state index is 12.0. The molecular weight excluding hydrogens is 242 g/mol. The van der Waals surface area contributed by atoms with E-state index in [4.69, 9.17) is 0 Å². The highest BCUT2D eigenvalue weighted by molar-refractivity contribution is 5.92. The molecule has 0 aliphatic carbocycles. The summed E-state index contributed by atoms with van der Waals surface area (Å²) in [5.74, 6) is -0.0447. The van der Waals surface area contributed by atoms with E-state index in [0.717, 1.165) is 5.69 Å². The summed E-state index contributed by atoms with van der Waals surface area (Å²) in [6.45, 7) is 10.1. The molecule has 1 amide bonds. The highest BCUT2D eigenvalue weighted by atomic mass is 16.3. The normalized spacial score (nSPS) is 13.7. The third-order valence-electron chi connectivity index (χ3n) is 3.48. The smallest absolute Gasteiger partial charge is 0.271 e. The minimum absolute atomic E-state index is 0.156. The number of hydrogen-bond donors (Lipinski definition) is 2. The molecule has 0 aliphatic rings. The molecule has 0 saturated carbocycles. The van der Waals surface area contributed by atoms with Gasteiger partial charge in [-0.3, -0.25) is 9.48 Å². The average Bonchev–Trinajstić information content (AvgIpc) is 2.65. The Morgan fingerprint density at radius 2 is 2.11 bits per heavy atom. The predicted octanol–water partition coefficient (Wildman–Crippen LogP) is 1.50. The Labute approximate surface area is 115 Å². The van der Waals surface area contributed by atoms with E-state index in [1.807, 2.05) is 34.6 Å². The third kappa shape index (κ3) is 3.80. The number of carbonyl (C=O) groups is 1. The van der Waals surface area contributed by atoms with Gasteiger partial charge in [-0.05, 0) is 18.9 Å². The summed E-state index contributed by atoms with van der Waals surface area (Å²) in [4.78, 5) is 12.0. The van der Waals surface area contributed by atoms with E-state index in [1.165, 1.54) is 0 Å². The molecule has 0 fully saturated rings. The number of nitrogens with zero attached hydrogens (tertiary/aromatic N) is 2. The molecule has 1 aromatic heterocycles. The second kappa shape index (κ2) is 5.74. The lowest BCUT2D eigenvalue weighted by molar-refractivity contribution is 0.0138. The molecule has 5 nitrogen and oxygen atoms in total. The number of aliphatic hydroxyl groups is 1. The van der Waals surface area contributed by atoms with Crippen molar-refractivity contribution in [2.75, 3.05) is 6.54 Å². The third-order valence-corrected chi connectivity index (χ3v) is 3.48. The lowest BCUT2D eigenvalue weighted by Gasteiger charge is -2.33. The number of amides is 1. The number of aliphatic hydroxyl groups excluding tert-OH is 1. The summed E-state index contributed by atoms with van der Waals surface area (Å²) in [6, 6.07) is 1.75. The highest BCUT2D eigenvalue weighted by Gasteiger charge is 2.30. The fourth-order valence-electron chi connectivity index (χ4n) is 2.08. The van der Waals surface area contributed by atoms with E-state index < -0.39 is 6.10 Å². The Bertz CT molecular complexity index is 430. The molecule has 5 heteroatoms. The summed E-state index contributed by atoms with van der Waals surface area (Å²) in [6.07, 6.45) is -0.460. The zero-order chi connectivity index (χ0) is 14.8. The van der Waals surface area contributed by atoms with Crippen LogP contribution in [0.4, 0.5) is 0 Å². The first-order valence-corrected chi connectivity index (χ1v) is 6.62. The number of carbonyl (C=O) groups excluding carboxylic acids is 1. The second-order valence-electron chi connectivity index (χ2n) is 6.15. The van der Waals surface area contributed by atoms with Crippen LogP contribution < -0.4 is 5.32 Å². The molecule has 1 aromatic rings. The van der Waals surface area contributed by atoms with Crippen LogP contribution in [0.25, 0.3) is 0 Å². The van der Waals surface area contributed by atoms with E-state index >= 15 is 0 Å². The van der Waals surface area contributed by atoms with E-state index in [2.05, 4.69) is 10.4 Å². The topological polar surface area (TPSA) is 67.2 Å². The predicted molar refractivity (Wildman–Crippen MR) is 74.9 cm³/mol. The molecule has 1 rings (SSSR count). The molecular formula is C14H25N3O2. The first-order valence-electron chi connectivity index (χ1n) is 6.62. The van der Waals surface area contributed by atoms with Crippen LogP contribution in [0.5, 0.6) is 0 Å². The van der Waals surface area contributed by atoms with Gasteiger partial charge in [0, 0.05) is 24.7 Å². The van der Waals surface area contributed by atoms with Crippen molar-refractivity contribution >= 4 is 5.91 Å². The van der Waals surface area contributed by atoms with Crippen LogP contribution in [0.1, 0.15) is 43.9 Å². The van der Waals surface area contributed by atoms with Crippen molar-refractivity contribution in [1.82, 2.24) is 15.1 Å². The van der Waals surface area contributed by atoms with Crippen molar-refractivity contribution in [1.29, 1.82) is 0 Å². The van der Waals surface area contributed by atoms with E-state index in [-0.39, 0.29) is 17.2 Å². The Hall–Kier alpha value is -1.36. The molecule has 0 spiro atoms. The van der Waals surface area contributed by atoms with Gasteiger partial charge in [0.05, 0.1) is 6.10 Å². The minimum atomic E-state index is -0.460. The maximum Gasteiger partial charge on any atom is 0.271 e. The van der Waals surface area contributed by atoms with Crippen molar-refractivity contribution in [3.05, 3.63) is 17.5 Å². The van der Waals surface area contributed by atoms with Crippen LogP contribution in [0, 0.1) is 18.3 Å². The van der Waals surface area contributed by atoms with Crippen molar-refractivity contribution in [3.63, 3.8) is 0 Å². The fraction of sp³-hybridized carbons (Fsp3) is 0.714. The Morgan fingerprint density at radius 1 is 1.53 bits per heavy atom. The molecule has 1 atom stereocenters. The summed E-state index contributed by atoms with van der Waals surface area (Å²) in [7, 11) is 1.80. The van der Waals surface area contributed by atoms with Gasteiger partial charge in [-0.2, -0.15) is 5.10 Å². The fourth-order valence-corrected chi connectivity index (χ4v) is 2.08. The van der Waals surface area contributed by atoms with Crippen molar-refractivity contribution in [2.45, 2.75) is 40.7 Å². The SMILES string of the molecule is Cc1cc(C(=O)NCC(C)(C)C(O)C(C)C)nn1C.